The molecule has 0 N–H and O–H groups in total. The van der Waals surface area contributed by atoms with E-state index in [0.717, 1.165) is 0 Å². The third-order valence-corrected chi connectivity index (χ3v) is 2.49. The number of nitrogens with zero attached hydrogens (tertiary/aromatic N) is 2. The van der Waals surface area contributed by atoms with E-state index in [0.29, 0.717) is 18.7 Å². The fraction of sp³-hybridized carbons (Fsp3) is 0.167. The van der Waals surface area contributed by atoms with Crippen LogP contribution in [0, 0.1) is 17.5 Å². The number of ketones is 1. The van der Waals surface area contributed by atoms with Crippen molar-refractivity contribution >= 4 is 5.78 Å². The molecule has 0 bridgehead atoms. The predicted molar refractivity (Wildman–Crippen MR) is 57.6 cm³/mol. The summed E-state index contributed by atoms with van der Waals surface area (Å²) in [6, 6.07) is 0.936. The molecule has 1 heterocycles. The largest absolute Gasteiger partial charge is 0.328 e. The second-order valence-electron chi connectivity index (χ2n) is 3.61. The van der Waals surface area contributed by atoms with E-state index in [4.69, 9.17) is 0 Å². The van der Waals surface area contributed by atoms with Crippen molar-refractivity contribution in [1.82, 2.24) is 9.55 Å². The van der Waals surface area contributed by atoms with Crippen LogP contribution in [0.5, 0.6) is 0 Å². The first-order valence-corrected chi connectivity index (χ1v) is 5.25. The van der Waals surface area contributed by atoms with Gasteiger partial charge in [0.1, 0.15) is 17.5 Å². The number of benzene rings is 1. The quantitative estimate of drug-likeness (QED) is 0.789. The van der Waals surface area contributed by atoms with Crippen LogP contribution in [0.3, 0.4) is 0 Å². The van der Waals surface area contributed by atoms with Crippen molar-refractivity contribution in [2.75, 3.05) is 0 Å². The highest BCUT2D eigenvalue weighted by molar-refractivity contribution is 6.07. The molecule has 6 heteroatoms. The molecule has 3 nitrogen and oxygen atoms in total. The van der Waals surface area contributed by atoms with Crippen molar-refractivity contribution in [1.29, 1.82) is 0 Å². The van der Waals surface area contributed by atoms with Gasteiger partial charge < -0.3 is 4.57 Å². The summed E-state index contributed by atoms with van der Waals surface area (Å²) in [7, 11) is 0. The van der Waals surface area contributed by atoms with E-state index in [1.54, 1.807) is 6.92 Å². The zero-order valence-corrected chi connectivity index (χ0v) is 9.45. The van der Waals surface area contributed by atoms with Crippen LogP contribution in [0.4, 0.5) is 13.2 Å². The monoisotopic (exact) mass is 254 g/mol. The van der Waals surface area contributed by atoms with E-state index in [1.165, 1.54) is 17.0 Å². The second-order valence-corrected chi connectivity index (χ2v) is 3.61. The van der Waals surface area contributed by atoms with Gasteiger partial charge >= 0.3 is 0 Å². The first-order chi connectivity index (χ1) is 8.54. The molecule has 0 fully saturated rings. The Morgan fingerprint density at radius 2 is 1.89 bits per heavy atom. The van der Waals surface area contributed by atoms with E-state index >= 15 is 0 Å². The molecule has 2 rings (SSSR count). The number of imidazole rings is 1. The van der Waals surface area contributed by atoms with Crippen molar-refractivity contribution in [3.8, 4) is 0 Å². The lowest BCUT2D eigenvalue weighted by molar-refractivity contribution is 0.101. The molecule has 0 radical (unpaired) electrons. The van der Waals surface area contributed by atoms with Crippen molar-refractivity contribution < 1.29 is 18.0 Å². The average Bonchev–Trinajstić information content (AvgIpc) is 2.75. The van der Waals surface area contributed by atoms with Crippen LogP contribution in [0.2, 0.25) is 0 Å². The molecule has 18 heavy (non-hydrogen) atoms. The molecule has 0 spiro atoms. The highest BCUT2D eigenvalue weighted by Crippen LogP contribution is 2.18. The number of aryl methyl sites for hydroxylation is 1. The molecule has 0 aliphatic heterocycles. The van der Waals surface area contributed by atoms with Crippen molar-refractivity contribution in [3.05, 3.63) is 53.4 Å². The number of halogens is 3. The summed E-state index contributed by atoms with van der Waals surface area (Å²) in [6.07, 6.45) is 2.88. The van der Waals surface area contributed by atoms with Crippen LogP contribution < -0.4 is 0 Å². The van der Waals surface area contributed by atoms with Gasteiger partial charge in [0.25, 0.3) is 0 Å². The molecule has 0 aliphatic carbocycles. The van der Waals surface area contributed by atoms with Crippen molar-refractivity contribution in [2.24, 2.45) is 0 Å². The van der Waals surface area contributed by atoms with Gasteiger partial charge in [-0.2, -0.15) is 0 Å². The van der Waals surface area contributed by atoms with Gasteiger partial charge in [-0.3, -0.25) is 4.79 Å². The number of rotatable bonds is 3. The summed E-state index contributed by atoms with van der Waals surface area (Å²) in [5.74, 6) is -4.52. The fourth-order valence-corrected chi connectivity index (χ4v) is 1.64. The highest BCUT2D eigenvalue weighted by atomic mass is 19.1. The molecule has 1 aromatic heterocycles. The number of aromatic nitrogens is 2. The van der Waals surface area contributed by atoms with Gasteiger partial charge in [0, 0.05) is 31.1 Å². The van der Waals surface area contributed by atoms with Gasteiger partial charge in [-0.05, 0) is 6.92 Å². The Bertz CT molecular complexity index is 584. The lowest BCUT2D eigenvalue weighted by Gasteiger charge is -2.06. The van der Waals surface area contributed by atoms with Crippen LogP contribution in [-0.4, -0.2) is 15.3 Å². The van der Waals surface area contributed by atoms with Crippen LogP contribution >= 0.6 is 0 Å². The highest BCUT2D eigenvalue weighted by Gasteiger charge is 2.23. The van der Waals surface area contributed by atoms with E-state index < -0.39 is 28.8 Å². The van der Waals surface area contributed by atoms with E-state index in [2.05, 4.69) is 4.98 Å². The molecule has 1 aromatic carbocycles. The minimum Gasteiger partial charge on any atom is -0.328 e. The fourth-order valence-electron chi connectivity index (χ4n) is 1.64. The van der Waals surface area contributed by atoms with Gasteiger partial charge in [0.2, 0.25) is 5.78 Å². The molecule has 0 aliphatic rings. The summed E-state index contributed by atoms with van der Waals surface area (Å²) >= 11 is 0. The van der Waals surface area contributed by atoms with E-state index in [-0.39, 0.29) is 5.82 Å². The maximum absolute atomic E-state index is 13.5. The predicted octanol–water partition coefficient (Wildman–Crippen LogP) is 2.55. The summed E-state index contributed by atoms with van der Waals surface area (Å²) in [5.41, 5.74) is -0.794. The number of hydrogen-bond acceptors (Lipinski definition) is 2. The molecule has 0 saturated carbocycles. The SMILES string of the molecule is CCn1ccnc1C(=O)c1c(F)cc(F)cc1F. The summed E-state index contributed by atoms with van der Waals surface area (Å²) in [4.78, 5) is 15.7. The lowest BCUT2D eigenvalue weighted by Crippen LogP contribution is -2.14. The van der Waals surface area contributed by atoms with Crippen molar-refractivity contribution in [2.45, 2.75) is 13.5 Å². The first kappa shape index (κ1) is 12.3. The number of hydrogen-bond donors (Lipinski definition) is 0. The first-order valence-electron chi connectivity index (χ1n) is 5.25. The van der Waals surface area contributed by atoms with Gasteiger partial charge in [-0.15, -0.1) is 0 Å². The second kappa shape index (κ2) is 4.64. The Morgan fingerprint density at radius 1 is 1.28 bits per heavy atom. The Balaban J connectivity index is 2.53. The normalized spacial score (nSPS) is 10.7. The van der Waals surface area contributed by atoms with Crippen LogP contribution in [0.25, 0.3) is 0 Å². The summed E-state index contributed by atoms with van der Waals surface area (Å²) in [5, 5.41) is 0. The molecule has 0 amide bonds. The molecule has 0 unspecified atom stereocenters. The summed E-state index contributed by atoms with van der Waals surface area (Å²) < 4.78 is 41.1. The van der Waals surface area contributed by atoms with Crippen LogP contribution in [-0.2, 0) is 6.54 Å². The van der Waals surface area contributed by atoms with Crippen LogP contribution in [0.1, 0.15) is 23.1 Å². The maximum atomic E-state index is 13.5. The Kier molecular flexibility index (Phi) is 3.18. The Morgan fingerprint density at radius 3 is 2.44 bits per heavy atom. The molecule has 0 saturated heterocycles. The molecule has 94 valence electrons. The number of carbonyl (C=O) groups is 1. The zero-order valence-electron chi connectivity index (χ0n) is 9.45. The summed E-state index contributed by atoms with van der Waals surface area (Å²) in [6.45, 7) is 2.20. The number of carbonyl (C=O) groups excluding carboxylic acids is 1. The molecule has 0 atom stereocenters. The van der Waals surface area contributed by atoms with Gasteiger partial charge in [-0.25, -0.2) is 18.2 Å². The third-order valence-electron chi connectivity index (χ3n) is 2.49. The maximum Gasteiger partial charge on any atom is 0.234 e. The smallest absolute Gasteiger partial charge is 0.234 e. The van der Waals surface area contributed by atoms with Crippen molar-refractivity contribution in [3.63, 3.8) is 0 Å². The molecule has 2 aromatic rings. The minimum absolute atomic E-state index is 0.0816. The minimum atomic E-state index is -1.23. The van der Waals surface area contributed by atoms with E-state index in [1.807, 2.05) is 0 Å². The third kappa shape index (κ3) is 2.01. The standard InChI is InChI=1S/C12H9F3N2O/c1-2-17-4-3-16-12(17)11(18)10-8(14)5-7(13)6-9(10)15/h3-6H,2H2,1H3. The van der Waals surface area contributed by atoms with Gasteiger partial charge in [-0.1, -0.05) is 0 Å². The topological polar surface area (TPSA) is 34.9 Å². The zero-order chi connectivity index (χ0) is 13.3. The Hall–Kier alpha value is -2.11. The van der Waals surface area contributed by atoms with Gasteiger partial charge in [0.05, 0.1) is 5.56 Å². The average molecular weight is 254 g/mol. The van der Waals surface area contributed by atoms with Gasteiger partial charge in [0.15, 0.2) is 5.82 Å². The Labute approximate surface area is 101 Å². The van der Waals surface area contributed by atoms with Crippen LogP contribution in [0.15, 0.2) is 24.5 Å². The molecular weight excluding hydrogens is 245 g/mol. The lowest BCUT2D eigenvalue weighted by atomic mass is 10.1. The van der Waals surface area contributed by atoms with E-state index in [9.17, 15) is 18.0 Å². The molecular formula is C12H9F3N2O.